The number of hydrogen-bond acceptors (Lipinski definition) is 4. The minimum absolute atomic E-state index is 0.130. The number of aryl methyl sites for hydroxylation is 1. The first-order valence-electron chi connectivity index (χ1n) is 7.55. The Morgan fingerprint density at radius 3 is 2.79 bits per heavy atom. The largest absolute Gasteiger partial charge is 0.421 e. The predicted molar refractivity (Wildman–Crippen MR) is 94.7 cm³/mol. The summed E-state index contributed by atoms with van der Waals surface area (Å²) in [6, 6.07) is 15.1. The highest BCUT2D eigenvalue weighted by Gasteiger charge is 2.10. The smallest absolute Gasteiger partial charge is 0.251 e. The third-order valence-electron chi connectivity index (χ3n) is 3.44. The first kappa shape index (κ1) is 16.4. The number of amides is 1. The van der Waals surface area contributed by atoms with E-state index in [1.54, 1.807) is 12.1 Å². The zero-order valence-electron chi connectivity index (χ0n) is 13.1. The van der Waals surface area contributed by atoms with Gasteiger partial charge < -0.3 is 9.73 Å². The zero-order chi connectivity index (χ0) is 16.9. The normalized spacial score (nSPS) is 10.6. The zero-order valence-corrected chi connectivity index (χ0v) is 14.7. The van der Waals surface area contributed by atoms with Crippen molar-refractivity contribution in [1.29, 1.82) is 0 Å². The van der Waals surface area contributed by atoms with Crippen LogP contribution in [0.3, 0.4) is 0 Å². The van der Waals surface area contributed by atoms with Crippen molar-refractivity contribution in [2.75, 3.05) is 6.54 Å². The van der Waals surface area contributed by atoms with Gasteiger partial charge in [0.2, 0.25) is 11.8 Å². The maximum atomic E-state index is 12.1. The summed E-state index contributed by atoms with van der Waals surface area (Å²) < 4.78 is 6.52. The molecule has 0 bridgehead atoms. The van der Waals surface area contributed by atoms with Crippen molar-refractivity contribution in [1.82, 2.24) is 15.5 Å². The van der Waals surface area contributed by atoms with Gasteiger partial charge in [0.1, 0.15) is 0 Å². The molecule has 1 heterocycles. The summed E-state index contributed by atoms with van der Waals surface area (Å²) in [4.78, 5) is 12.1. The van der Waals surface area contributed by atoms with Gasteiger partial charge in [0.05, 0.1) is 0 Å². The molecule has 1 N–H and O–H groups in total. The van der Waals surface area contributed by atoms with Crippen molar-refractivity contribution in [2.24, 2.45) is 0 Å². The molecule has 2 aromatic carbocycles. The number of aromatic nitrogens is 2. The summed E-state index contributed by atoms with van der Waals surface area (Å²) in [6.07, 6.45) is 0.485. The van der Waals surface area contributed by atoms with Gasteiger partial charge in [-0.1, -0.05) is 39.7 Å². The number of nitrogens with one attached hydrogen (secondary N) is 1. The van der Waals surface area contributed by atoms with Gasteiger partial charge >= 0.3 is 0 Å². The maximum absolute atomic E-state index is 12.1. The van der Waals surface area contributed by atoms with Crippen LogP contribution in [0.2, 0.25) is 0 Å². The molecular formula is C18H16BrN3O2. The molecule has 6 heteroatoms. The van der Waals surface area contributed by atoms with Gasteiger partial charge in [-0.25, -0.2) is 0 Å². The van der Waals surface area contributed by atoms with Crippen LogP contribution in [-0.4, -0.2) is 22.6 Å². The van der Waals surface area contributed by atoms with Gasteiger partial charge in [0.15, 0.2) is 0 Å². The van der Waals surface area contributed by atoms with Crippen LogP contribution in [0, 0.1) is 6.92 Å². The number of benzene rings is 2. The Morgan fingerprint density at radius 2 is 2.00 bits per heavy atom. The van der Waals surface area contributed by atoms with Gasteiger partial charge in [0, 0.05) is 28.6 Å². The molecule has 3 aromatic rings. The number of carbonyl (C=O) groups excluding carboxylic acids is 1. The monoisotopic (exact) mass is 385 g/mol. The van der Waals surface area contributed by atoms with Gasteiger partial charge in [-0.3, -0.25) is 4.79 Å². The van der Waals surface area contributed by atoms with E-state index in [9.17, 15) is 4.79 Å². The minimum atomic E-state index is -0.130. The minimum Gasteiger partial charge on any atom is -0.421 e. The molecule has 0 radical (unpaired) electrons. The number of halogens is 1. The van der Waals surface area contributed by atoms with Crippen molar-refractivity contribution >= 4 is 21.8 Å². The van der Waals surface area contributed by atoms with Crippen LogP contribution in [0.4, 0.5) is 0 Å². The molecule has 3 rings (SSSR count). The van der Waals surface area contributed by atoms with Gasteiger partial charge in [0.25, 0.3) is 5.91 Å². The predicted octanol–water partition coefficient (Wildman–Crippen LogP) is 3.78. The lowest BCUT2D eigenvalue weighted by Crippen LogP contribution is -2.25. The summed E-state index contributed by atoms with van der Waals surface area (Å²) in [5, 5.41) is 10.9. The fourth-order valence-corrected chi connectivity index (χ4v) is 2.66. The van der Waals surface area contributed by atoms with Crippen LogP contribution in [-0.2, 0) is 6.42 Å². The van der Waals surface area contributed by atoms with E-state index in [2.05, 4.69) is 31.4 Å². The summed E-state index contributed by atoms with van der Waals surface area (Å²) >= 11 is 3.35. The van der Waals surface area contributed by atoms with Crippen molar-refractivity contribution in [2.45, 2.75) is 13.3 Å². The SMILES string of the molecule is Cc1cccc(-c2nnc(CCNC(=O)c3cccc(Br)c3)o2)c1. The lowest BCUT2D eigenvalue weighted by Gasteiger charge is -2.03. The third-order valence-corrected chi connectivity index (χ3v) is 3.94. The molecule has 0 saturated heterocycles. The number of hydrogen-bond donors (Lipinski definition) is 1. The van der Waals surface area contributed by atoms with Gasteiger partial charge in [-0.2, -0.15) is 0 Å². The Bertz CT molecular complexity index is 861. The van der Waals surface area contributed by atoms with E-state index in [0.29, 0.717) is 30.3 Å². The number of rotatable bonds is 5. The van der Waals surface area contributed by atoms with E-state index >= 15 is 0 Å². The highest BCUT2D eigenvalue weighted by Crippen LogP contribution is 2.18. The molecule has 122 valence electrons. The first-order valence-corrected chi connectivity index (χ1v) is 8.34. The first-order chi connectivity index (χ1) is 11.6. The van der Waals surface area contributed by atoms with Crippen LogP contribution in [0.1, 0.15) is 21.8 Å². The molecule has 0 spiro atoms. The van der Waals surface area contributed by atoms with Crippen LogP contribution in [0.25, 0.3) is 11.5 Å². The van der Waals surface area contributed by atoms with Crippen molar-refractivity contribution in [3.63, 3.8) is 0 Å². The molecule has 1 amide bonds. The van der Waals surface area contributed by atoms with E-state index in [-0.39, 0.29) is 5.91 Å². The lowest BCUT2D eigenvalue weighted by atomic mass is 10.1. The molecule has 0 fully saturated rings. The molecule has 0 saturated carbocycles. The Labute approximate surface area is 148 Å². The molecule has 0 aliphatic rings. The highest BCUT2D eigenvalue weighted by molar-refractivity contribution is 9.10. The lowest BCUT2D eigenvalue weighted by molar-refractivity contribution is 0.0953. The summed E-state index contributed by atoms with van der Waals surface area (Å²) in [5.41, 5.74) is 2.64. The summed E-state index contributed by atoms with van der Waals surface area (Å²) in [6.45, 7) is 2.44. The Kier molecular flexibility index (Phi) is 5.05. The topological polar surface area (TPSA) is 68.0 Å². The molecule has 0 aliphatic heterocycles. The van der Waals surface area contributed by atoms with E-state index in [1.165, 1.54) is 0 Å². The van der Waals surface area contributed by atoms with Gasteiger partial charge in [-0.15, -0.1) is 10.2 Å². The Morgan fingerprint density at radius 1 is 1.17 bits per heavy atom. The second kappa shape index (κ2) is 7.40. The average molecular weight is 386 g/mol. The summed E-state index contributed by atoms with van der Waals surface area (Å²) in [5.74, 6) is 0.864. The molecule has 0 aliphatic carbocycles. The van der Waals surface area contributed by atoms with E-state index < -0.39 is 0 Å². The second-order valence-electron chi connectivity index (χ2n) is 5.39. The standard InChI is InChI=1S/C18H16BrN3O2/c1-12-4-2-6-14(10-12)18-22-21-16(24-18)8-9-20-17(23)13-5-3-7-15(19)11-13/h2-7,10-11H,8-9H2,1H3,(H,20,23). The van der Waals surface area contributed by atoms with Crippen molar-refractivity contribution in [3.05, 3.63) is 70.0 Å². The van der Waals surface area contributed by atoms with Crippen molar-refractivity contribution in [3.8, 4) is 11.5 Å². The molecule has 1 aromatic heterocycles. The third kappa shape index (κ3) is 4.08. The van der Waals surface area contributed by atoms with Gasteiger partial charge in [-0.05, 0) is 37.3 Å². The Hall–Kier alpha value is -2.47. The molecule has 0 atom stereocenters. The summed E-state index contributed by atoms with van der Waals surface area (Å²) in [7, 11) is 0. The Balaban J connectivity index is 1.57. The number of nitrogens with zero attached hydrogens (tertiary/aromatic N) is 2. The van der Waals surface area contributed by atoms with Crippen LogP contribution in [0.5, 0.6) is 0 Å². The number of carbonyl (C=O) groups is 1. The molecular weight excluding hydrogens is 370 g/mol. The maximum Gasteiger partial charge on any atom is 0.251 e. The average Bonchev–Trinajstić information content (AvgIpc) is 3.04. The second-order valence-corrected chi connectivity index (χ2v) is 6.30. The molecule has 5 nitrogen and oxygen atoms in total. The molecule has 24 heavy (non-hydrogen) atoms. The fourth-order valence-electron chi connectivity index (χ4n) is 2.26. The fraction of sp³-hybridized carbons (Fsp3) is 0.167. The molecule has 0 unspecified atom stereocenters. The highest BCUT2D eigenvalue weighted by atomic mass is 79.9. The van der Waals surface area contributed by atoms with E-state index in [4.69, 9.17) is 4.42 Å². The van der Waals surface area contributed by atoms with Crippen LogP contribution >= 0.6 is 15.9 Å². The van der Waals surface area contributed by atoms with Crippen LogP contribution < -0.4 is 5.32 Å². The van der Waals surface area contributed by atoms with Crippen molar-refractivity contribution < 1.29 is 9.21 Å². The van der Waals surface area contributed by atoms with E-state index in [1.807, 2.05) is 43.3 Å². The van der Waals surface area contributed by atoms with Crippen LogP contribution in [0.15, 0.2) is 57.4 Å². The van der Waals surface area contributed by atoms with E-state index in [0.717, 1.165) is 15.6 Å². The quantitative estimate of drug-likeness (QED) is 0.725.